The Labute approximate surface area is 126 Å². The molecule has 0 fully saturated rings. The zero-order valence-electron chi connectivity index (χ0n) is 13.5. The summed E-state index contributed by atoms with van der Waals surface area (Å²) in [6, 6.07) is 3.43. The van der Waals surface area contributed by atoms with E-state index < -0.39 is 0 Å². The van der Waals surface area contributed by atoms with Gasteiger partial charge >= 0.3 is 0 Å². The van der Waals surface area contributed by atoms with Gasteiger partial charge in [0.1, 0.15) is 5.82 Å². The third-order valence-electron chi connectivity index (χ3n) is 3.20. The largest absolute Gasteiger partial charge is 0.383 e. The number of nitrogens with zero attached hydrogens (tertiary/aromatic N) is 1. The van der Waals surface area contributed by atoms with E-state index in [-0.39, 0.29) is 17.4 Å². The number of carbonyl (C=O) groups is 1. The molecular formula is C15H26N4O2. The summed E-state index contributed by atoms with van der Waals surface area (Å²) < 4.78 is 5.10. The number of pyridine rings is 1. The number of nitrogens with two attached hydrogens (primary N) is 1. The van der Waals surface area contributed by atoms with Gasteiger partial charge in [0.2, 0.25) is 0 Å². The van der Waals surface area contributed by atoms with Crippen LogP contribution in [0.3, 0.4) is 0 Å². The number of anilines is 1. The molecular weight excluding hydrogens is 268 g/mol. The van der Waals surface area contributed by atoms with Crippen LogP contribution in [0.25, 0.3) is 0 Å². The summed E-state index contributed by atoms with van der Waals surface area (Å²) in [7, 11) is 1.62. The first-order valence-electron chi connectivity index (χ1n) is 7.10. The lowest BCUT2D eigenvalue weighted by atomic mass is 9.90. The monoisotopic (exact) mass is 294 g/mol. The molecule has 21 heavy (non-hydrogen) atoms. The maximum atomic E-state index is 12.4. The van der Waals surface area contributed by atoms with Gasteiger partial charge in [0.25, 0.3) is 5.91 Å². The molecule has 0 aliphatic rings. The minimum atomic E-state index is -0.168. The molecule has 1 aromatic heterocycles. The molecule has 6 nitrogen and oxygen atoms in total. The molecule has 4 N–H and O–H groups in total. The standard InChI is InChI=1S/C15H26N4O2/c1-6-11(9-21-5)17-14(20)10-7-12(15(2,3)4)18-13(8-10)19-16/h7-8,11H,6,9,16H2,1-5H3,(H,17,20)(H,18,19). The lowest BCUT2D eigenvalue weighted by Crippen LogP contribution is -2.37. The molecule has 1 aromatic rings. The first-order valence-corrected chi connectivity index (χ1v) is 7.10. The van der Waals surface area contributed by atoms with Crippen LogP contribution in [0.15, 0.2) is 12.1 Å². The molecule has 6 heteroatoms. The van der Waals surface area contributed by atoms with E-state index in [1.54, 1.807) is 19.2 Å². The van der Waals surface area contributed by atoms with Crippen molar-refractivity contribution in [1.82, 2.24) is 10.3 Å². The first kappa shape index (κ1) is 17.4. The maximum Gasteiger partial charge on any atom is 0.251 e. The van der Waals surface area contributed by atoms with Crippen molar-refractivity contribution in [3.05, 3.63) is 23.4 Å². The smallest absolute Gasteiger partial charge is 0.251 e. The molecule has 1 unspecified atom stereocenters. The van der Waals surface area contributed by atoms with E-state index in [1.807, 2.05) is 27.7 Å². The van der Waals surface area contributed by atoms with E-state index in [4.69, 9.17) is 10.6 Å². The number of ether oxygens (including phenoxy) is 1. The third-order valence-corrected chi connectivity index (χ3v) is 3.20. The lowest BCUT2D eigenvalue weighted by molar-refractivity contribution is 0.0894. The fraction of sp³-hybridized carbons (Fsp3) is 0.600. The second-order valence-electron chi connectivity index (χ2n) is 6.05. The van der Waals surface area contributed by atoms with E-state index in [0.717, 1.165) is 12.1 Å². The second kappa shape index (κ2) is 7.38. The summed E-state index contributed by atoms with van der Waals surface area (Å²) in [5, 5.41) is 2.95. The highest BCUT2D eigenvalue weighted by molar-refractivity contribution is 5.95. The first-order chi connectivity index (χ1) is 9.81. The van der Waals surface area contributed by atoms with Crippen molar-refractivity contribution >= 4 is 11.7 Å². The Hall–Kier alpha value is -1.66. The molecule has 0 bridgehead atoms. The van der Waals surface area contributed by atoms with Crippen LogP contribution in [0.4, 0.5) is 5.82 Å². The molecule has 0 saturated carbocycles. The number of hydrogen-bond acceptors (Lipinski definition) is 5. The van der Waals surface area contributed by atoms with Crippen LogP contribution in [-0.4, -0.2) is 30.6 Å². The molecule has 0 aromatic carbocycles. The van der Waals surface area contributed by atoms with Gasteiger partial charge in [0.15, 0.2) is 0 Å². The normalized spacial score (nSPS) is 12.9. The molecule has 0 spiro atoms. The van der Waals surface area contributed by atoms with Crippen LogP contribution < -0.4 is 16.6 Å². The van der Waals surface area contributed by atoms with E-state index in [9.17, 15) is 4.79 Å². The van der Waals surface area contributed by atoms with Crippen LogP contribution in [0, 0.1) is 0 Å². The predicted molar refractivity (Wildman–Crippen MR) is 84.2 cm³/mol. The van der Waals surface area contributed by atoms with E-state index in [2.05, 4.69) is 15.7 Å². The Morgan fingerprint density at radius 1 is 1.43 bits per heavy atom. The van der Waals surface area contributed by atoms with E-state index >= 15 is 0 Å². The number of methoxy groups -OCH3 is 1. The minimum absolute atomic E-state index is 0.0111. The molecule has 0 aliphatic carbocycles. The van der Waals surface area contributed by atoms with Crippen molar-refractivity contribution in [3.8, 4) is 0 Å². The Morgan fingerprint density at radius 2 is 2.10 bits per heavy atom. The van der Waals surface area contributed by atoms with Crippen LogP contribution in [-0.2, 0) is 10.2 Å². The number of rotatable bonds is 6. The molecule has 0 radical (unpaired) electrons. The fourth-order valence-corrected chi connectivity index (χ4v) is 1.85. The maximum absolute atomic E-state index is 12.4. The fourth-order valence-electron chi connectivity index (χ4n) is 1.85. The van der Waals surface area contributed by atoms with Gasteiger partial charge in [-0.3, -0.25) is 4.79 Å². The van der Waals surface area contributed by atoms with Crippen LogP contribution in [0.5, 0.6) is 0 Å². The zero-order chi connectivity index (χ0) is 16.0. The van der Waals surface area contributed by atoms with E-state index in [1.165, 1.54) is 0 Å². The molecule has 0 aliphatic heterocycles. The highest BCUT2D eigenvalue weighted by atomic mass is 16.5. The molecule has 118 valence electrons. The molecule has 1 atom stereocenters. The number of hydrazine groups is 1. The van der Waals surface area contributed by atoms with Crippen LogP contribution in [0.2, 0.25) is 0 Å². The van der Waals surface area contributed by atoms with Gasteiger partial charge in [0, 0.05) is 23.8 Å². The Bertz CT molecular complexity index is 483. The molecule has 1 rings (SSSR count). The van der Waals surface area contributed by atoms with Crippen LogP contribution in [0.1, 0.15) is 50.2 Å². The number of carbonyl (C=O) groups excluding carboxylic acids is 1. The highest BCUT2D eigenvalue weighted by Crippen LogP contribution is 2.23. The summed E-state index contributed by atoms with van der Waals surface area (Å²) in [6.07, 6.45) is 0.804. The topological polar surface area (TPSA) is 89.3 Å². The van der Waals surface area contributed by atoms with E-state index in [0.29, 0.717) is 18.0 Å². The second-order valence-corrected chi connectivity index (χ2v) is 6.05. The van der Waals surface area contributed by atoms with Gasteiger partial charge in [-0.25, -0.2) is 10.8 Å². The number of nitrogens with one attached hydrogen (secondary N) is 2. The van der Waals surface area contributed by atoms with Gasteiger partial charge < -0.3 is 15.5 Å². The van der Waals surface area contributed by atoms with Gasteiger partial charge in [-0.2, -0.15) is 0 Å². The lowest BCUT2D eigenvalue weighted by Gasteiger charge is -2.21. The highest BCUT2D eigenvalue weighted by Gasteiger charge is 2.20. The zero-order valence-corrected chi connectivity index (χ0v) is 13.5. The van der Waals surface area contributed by atoms with Crippen LogP contribution >= 0.6 is 0 Å². The molecule has 0 saturated heterocycles. The van der Waals surface area contributed by atoms with Crippen molar-refractivity contribution in [2.45, 2.75) is 45.6 Å². The van der Waals surface area contributed by atoms with Gasteiger partial charge in [-0.05, 0) is 18.6 Å². The van der Waals surface area contributed by atoms with Crippen molar-refractivity contribution in [3.63, 3.8) is 0 Å². The van der Waals surface area contributed by atoms with Crippen molar-refractivity contribution in [1.29, 1.82) is 0 Å². The quantitative estimate of drug-likeness (QED) is 0.550. The number of aromatic nitrogens is 1. The summed E-state index contributed by atoms with van der Waals surface area (Å²) in [5.74, 6) is 5.77. The van der Waals surface area contributed by atoms with Crippen molar-refractivity contribution in [2.24, 2.45) is 5.84 Å². The van der Waals surface area contributed by atoms with Gasteiger partial charge in [-0.1, -0.05) is 27.7 Å². The average Bonchev–Trinajstić information content (AvgIpc) is 2.45. The predicted octanol–water partition coefficient (Wildman–Crippen LogP) is 1.82. The number of nitrogen functional groups attached to an aromatic ring is 1. The Balaban J connectivity index is 3.03. The molecule has 1 amide bonds. The molecule has 1 heterocycles. The summed E-state index contributed by atoms with van der Waals surface area (Å²) in [6.45, 7) is 8.61. The number of amides is 1. The van der Waals surface area contributed by atoms with Gasteiger partial charge in [0.05, 0.1) is 12.6 Å². The third kappa shape index (κ3) is 4.99. The van der Waals surface area contributed by atoms with Gasteiger partial charge in [-0.15, -0.1) is 0 Å². The Morgan fingerprint density at radius 3 is 2.57 bits per heavy atom. The SMILES string of the molecule is CCC(COC)NC(=O)c1cc(NN)nc(C(C)(C)C)c1. The summed E-state index contributed by atoms with van der Waals surface area (Å²) >= 11 is 0. The van der Waals surface area contributed by atoms with Crippen molar-refractivity contribution < 1.29 is 9.53 Å². The summed E-state index contributed by atoms with van der Waals surface area (Å²) in [5.41, 5.74) is 3.69. The minimum Gasteiger partial charge on any atom is -0.383 e. The average molecular weight is 294 g/mol. The van der Waals surface area contributed by atoms with Crippen molar-refractivity contribution in [2.75, 3.05) is 19.1 Å². The Kier molecular flexibility index (Phi) is 6.11. The summed E-state index contributed by atoms with van der Waals surface area (Å²) in [4.78, 5) is 16.8. The number of hydrogen-bond donors (Lipinski definition) is 3.